The van der Waals surface area contributed by atoms with Crippen LogP contribution in [0.1, 0.15) is 84.8 Å². The maximum Gasteiger partial charge on any atom is 0.144 e. The van der Waals surface area contributed by atoms with Crippen LogP contribution in [-0.4, -0.2) is 10.8 Å². The molecule has 1 aliphatic rings. The van der Waals surface area contributed by atoms with Gasteiger partial charge in [0, 0.05) is 11.3 Å². The summed E-state index contributed by atoms with van der Waals surface area (Å²) in [6.45, 7) is 13.1. The lowest BCUT2D eigenvalue weighted by Gasteiger charge is -2.27. The fourth-order valence-corrected chi connectivity index (χ4v) is 2.95. The van der Waals surface area contributed by atoms with Gasteiger partial charge in [0.1, 0.15) is 11.4 Å². The highest BCUT2D eigenvalue weighted by molar-refractivity contribution is 5.88. The molecule has 0 aliphatic heterocycles. The number of phenols is 1. The van der Waals surface area contributed by atoms with Crippen LogP contribution in [0.5, 0.6) is 5.75 Å². The Kier molecular flexibility index (Phi) is 4.70. The Morgan fingerprint density at radius 3 is 1.95 bits per heavy atom. The summed E-state index contributed by atoms with van der Waals surface area (Å²) in [5, 5.41) is 10.7. The van der Waals surface area contributed by atoms with E-state index in [1.165, 1.54) is 30.5 Å². The summed E-state index contributed by atoms with van der Waals surface area (Å²) in [6, 6.07) is 4.23. The molecule has 0 bridgehead atoms. The maximum absolute atomic E-state index is 10.7. The van der Waals surface area contributed by atoms with Gasteiger partial charge in [0.15, 0.2) is 0 Å². The molecule has 1 saturated carbocycles. The molecule has 0 aromatic heterocycles. The van der Waals surface area contributed by atoms with Gasteiger partial charge in [-0.05, 0) is 48.1 Å². The lowest BCUT2D eigenvalue weighted by atomic mass is 9.79. The molecule has 22 heavy (non-hydrogen) atoms. The van der Waals surface area contributed by atoms with Gasteiger partial charge in [0.25, 0.3) is 0 Å². The summed E-state index contributed by atoms with van der Waals surface area (Å²) in [7, 11) is 0. The van der Waals surface area contributed by atoms with Gasteiger partial charge in [0.2, 0.25) is 0 Å². The normalized spacial score (nSPS) is 16.7. The van der Waals surface area contributed by atoms with Crippen molar-refractivity contribution in [3.05, 3.63) is 23.3 Å². The fraction of sp³-hybridized carbons (Fsp3) is 0.650. The van der Waals surface area contributed by atoms with E-state index in [0.717, 1.165) is 24.1 Å². The van der Waals surface area contributed by atoms with Gasteiger partial charge in [-0.15, -0.1) is 0 Å². The number of phenolic OH excluding ortho intramolecular Hbond substituents is 1. The Bertz CT molecular complexity index is 563. The minimum absolute atomic E-state index is 0.0508. The molecular weight excluding hydrogens is 270 g/mol. The molecule has 1 aliphatic carbocycles. The molecule has 122 valence electrons. The van der Waals surface area contributed by atoms with E-state index >= 15 is 0 Å². The first-order valence-electron chi connectivity index (χ1n) is 8.53. The second kappa shape index (κ2) is 6.06. The van der Waals surface area contributed by atoms with Crippen molar-refractivity contribution < 1.29 is 5.11 Å². The number of aromatic hydroxyl groups is 1. The Morgan fingerprint density at radius 2 is 1.45 bits per heavy atom. The molecule has 1 aromatic carbocycles. The van der Waals surface area contributed by atoms with Gasteiger partial charge < -0.3 is 5.11 Å². The van der Waals surface area contributed by atoms with Crippen molar-refractivity contribution in [2.45, 2.75) is 84.5 Å². The SMILES string of the molecule is CC(C)(C)c1cc(N=C2CCCCC2)c(O)c(C(C)(C)C)c1. The first-order chi connectivity index (χ1) is 10.1. The summed E-state index contributed by atoms with van der Waals surface area (Å²) in [5.74, 6) is 0.360. The van der Waals surface area contributed by atoms with E-state index in [0.29, 0.717) is 5.75 Å². The highest BCUT2D eigenvalue weighted by Gasteiger charge is 2.25. The highest BCUT2D eigenvalue weighted by Crippen LogP contribution is 2.42. The van der Waals surface area contributed by atoms with Crippen molar-refractivity contribution in [1.82, 2.24) is 0 Å². The number of nitrogens with zero attached hydrogens (tertiary/aromatic N) is 1. The number of hydrogen-bond acceptors (Lipinski definition) is 2. The zero-order valence-corrected chi connectivity index (χ0v) is 15.1. The standard InChI is InChI=1S/C20H31NO/c1-19(2,3)14-12-16(20(4,5)6)18(22)17(13-14)21-15-10-8-7-9-11-15/h12-13,22H,7-11H2,1-6H3. The predicted molar refractivity (Wildman–Crippen MR) is 95.7 cm³/mol. The van der Waals surface area contributed by atoms with Crippen molar-refractivity contribution in [2.24, 2.45) is 4.99 Å². The van der Waals surface area contributed by atoms with Crippen LogP contribution in [0.15, 0.2) is 17.1 Å². The van der Waals surface area contributed by atoms with Gasteiger partial charge in [-0.2, -0.15) is 0 Å². The largest absolute Gasteiger partial charge is 0.505 e. The Hall–Kier alpha value is -1.31. The van der Waals surface area contributed by atoms with E-state index in [1.807, 2.05) is 0 Å². The average Bonchev–Trinajstić information content (AvgIpc) is 2.39. The van der Waals surface area contributed by atoms with Crippen LogP contribution >= 0.6 is 0 Å². The summed E-state index contributed by atoms with van der Waals surface area (Å²) in [5.41, 5.74) is 4.20. The van der Waals surface area contributed by atoms with Gasteiger partial charge in [-0.25, -0.2) is 0 Å². The quantitative estimate of drug-likeness (QED) is 0.675. The van der Waals surface area contributed by atoms with Crippen LogP contribution in [-0.2, 0) is 10.8 Å². The molecule has 1 fully saturated rings. The minimum atomic E-state index is -0.0904. The lowest BCUT2D eigenvalue weighted by Crippen LogP contribution is -2.16. The van der Waals surface area contributed by atoms with E-state index < -0.39 is 0 Å². The summed E-state index contributed by atoms with van der Waals surface area (Å²) in [6.07, 6.45) is 5.91. The predicted octanol–water partition coefficient (Wildman–Crippen LogP) is 6.02. The van der Waals surface area contributed by atoms with Crippen LogP contribution in [0.2, 0.25) is 0 Å². The summed E-state index contributed by atoms with van der Waals surface area (Å²) in [4.78, 5) is 4.83. The van der Waals surface area contributed by atoms with E-state index in [4.69, 9.17) is 4.99 Å². The highest BCUT2D eigenvalue weighted by atomic mass is 16.3. The van der Waals surface area contributed by atoms with Crippen molar-refractivity contribution in [3.63, 3.8) is 0 Å². The third-order valence-electron chi connectivity index (χ3n) is 4.47. The van der Waals surface area contributed by atoms with Crippen LogP contribution in [0.25, 0.3) is 0 Å². The van der Waals surface area contributed by atoms with E-state index in [2.05, 4.69) is 53.7 Å². The van der Waals surface area contributed by atoms with Crippen LogP contribution in [0.3, 0.4) is 0 Å². The zero-order chi connectivity index (χ0) is 16.5. The molecule has 0 heterocycles. The second-order valence-corrected chi connectivity index (χ2v) is 8.63. The van der Waals surface area contributed by atoms with Gasteiger partial charge in [0.05, 0.1) is 0 Å². The van der Waals surface area contributed by atoms with Crippen molar-refractivity contribution >= 4 is 11.4 Å². The third kappa shape index (κ3) is 3.91. The van der Waals surface area contributed by atoms with Crippen molar-refractivity contribution in [3.8, 4) is 5.75 Å². The fourth-order valence-electron chi connectivity index (χ4n) is 2.95. The molecule has 0 saturated heterocycles. The topological polar surface area (TPSA) is 32.6 Å². The smallest absolute Gasteiger partial charge is 0.144 e. The van der Waals surface area contributed by atoms with Crippen LogP contribution < -0.4 is 0 Å². The number of aliphatic imine (C=N–C) groups is 1. The molecule has 0 unspecified atom stereocenters. The zero-order valence-electron chi connectivity index (χ0n) is 15.1. The number of rotatable bonds is 1. The molecule has 2 heteroatoms. The van der Waals surface area contributed by atoms with Crippen LogP contribution in [0, 0.1) is 0 Å². The molecule has 0 atom stereocenters. The number of hydrogen-bond donors (Lipinski definition) is 1. The number of benzene rings is 1. The first kappa shape index (κ1) is 17.1. The first-order valence-corrected chi connectivity index (χ1v) is 8.53. The monoisotopic (exact) mass is 301 g/mol. The van der Waals surface area contributed by atoms with E-state index in [9.17, 15) is 5.11 Å². The van der Waals surface area contributed by atoms with Crippen molar-refractivity contribution in [1.29, 1.82) is 0 Å². The van der Waals surface area contributed by atoms with E-state index in [1.54, 1.807) is 0 Å². The van der Waals surface area contributed by atoms with Gasteiger partial charge in [-0.1, -0.05) is 54.0 Å². The molecule has 0 spiro atoms. The summed E-state index contributed by atoms with van der Waals surface area (Å²) < 4.78 is 0. The molecule has 0 radical (unpaired) electrons. The molecule has 1 aromatic rings. The molecule has 2 rings (SSSR count). The van der Waals surface area contributed by atoms with Gasteiger partial charge >= 0.3 is 0 Å². The van der Waals surface area contributed by atoms with E-state index in [-0.39, 0.29) is 10.8 Å². The molecule has 1 N–H and O–H groups in total. The Balaban J connectivity index is 2.56. The Morgan fingerprint density at radius 1 is 0.864 bits per heavy atom. The maximum atomic E-state index is 10.7. The molecule has 0 amide bonds. The average molecular weight is 301 g/mol. The Labute approximate surface area is 135 Å². The van der Waals surface area contributed by atoms with Gasteiger partial charge in [-0.3, -0.25) is 4.99 Å². The third-order valence-corrected chi connectivity index (χ3v) is 4.47. The minimum Gasteiger partial charge on any atom is -0.505 e. The second-order valence-electron chi connectivity index (χ2n) is 8.63. The van der Waals surface area contributed by atoms with Crippen LogP contribution in [0.4, 0.5) is 5.69 Å². The lowest BCUT2D eigenvalue weighted by molar-refractivity contribution is 0.446. The molecule has 2 nitrogen and oxygen atoms in total. The molecular formula is C20H31NO. The summed E-state index contributed by atoms with van der Waals surface area (Å²) >= 11 is 0. The van der Waals surface area contributed by atoms with Crippen molar-refractivity contribution in [2.75, 3.05) is 0 Å².